The average Bonchev–Trinajstić information content (AvgIpc) is 2.46. The minimum absolute atomic E-state index is 0.125. The monoisotopic (exact) mass is 284 g/mol. The van der Waals surface area contributed by atoms with Crippen LogP contribution in [0.3, 0.4) is 0 Å². The molecule has 118 valence electrons. The molecule has 1 heterocycles. The van der Waals surface area contributed by atoms with Crippen molar-refractivity contribution < 1.29 is 9.53 Å². The zero-order valence-electron chi connectivity index (χ0n) is 13.7. The van der Waals surface area contributed by atoms with Gasteiger partial charge in [-0.25, -0.2) is 0 Å². The number of nitrogens with two attached hydrogens (primary N) is 1. The van der Waals surface area contributed by atoms with E-state index in [1.165, 1.54) is 0 Å². The van der Waals surface area contributed by atoms with Crippen LogP contribution in [0, 0.1) is 5.41 Å². The fourth-order valence-electron chi connectivity index (χ4n) is 3.32. The molecule has 0 aromatic heterocycles. The number of hydrogen-bond acceptors (Lipinski definition) is 3. The van der Waals surface area contributed by atoms with Crippen LogP contribution in [0.5, 0.6) is 0 Å². The lowest BCUT2D eigenvalue weighted by molar-refractivity contribution is -0.156. The summed E-state index contributed by atoms with van der Waals surface area (Å²) in [7, 11) is 0. The third kappa shape index (κ3) is 3.73. The molecule has 1 amide bonds. The van der Waals surface area contributed by atoms with Crippen LogP contribution in [0.4, 0.5) is 0 Å². The van der Waals surface area contributed by atoms with E-state index in [1.807, 2.05) is 11.8 Å². The van der Waals surface area contributed by atoms with Crippen LogP contribution in [0.1, 0.15) is 59.8 Å². The largest absolute Gasteiger partial charge is 0.375 e. The van der Waals surface area contributed by atoms with Gasteiger partial charge in [-0.3, -0.25) is 4.79 Å². The van der Waals surface area contributed by atoms with E-state index in [0.29, 0.717) is 19.7 Å². The molecule has 1 aliphatic heterocycles. The van der Waals surface area contributed by atoms with Crippen molar-refractivity contribution in [2.24, 2.45) is 11.1 Å². The predicted molar refractivity (Wildman–Crippen MR) is 82.5 cm³/mol. The van der Waals surface area contributed by atoms with Crippen LogP contribution in [0.25, 0.3) is 0 Å². The van der Waals surface area contributed by atoms with Gasteiger partial charge in [-0.2, -0.15) is 0 Å². The lowest BCUT2D eigenvalue weighted by Crippen LogP contribution is -2.57. The zero-order chi connectivity index (χ0) is 15.2. The topological polar surface area (TPSA) is 55.6 Å². The quantitative estimate of drug-likeness (QED) is 0.781. The summed E-state index contributed by atoms with van der Waals surface area (Å²) < 4.78 is 5.70. The normalized spacial score (nSPS) is 23.9. The molecule has 0 aromatic rings. The van der Waals surface area contributed by atoms with Gasteiger partial charge in [0.05, 0.1) is 24.2 Å². The summed E-state index contributed by atoms with van der Waals surface area (Å²) in [5, 5.41) is 0. The van der Waals surface area contributed by atoms with Crippen molar-refractivity contribution >= 4 is 5.91 Å². The van der Waals surface area contributed by atoms with Crippen molar-refractivity contribution in [3.05, 3.63) is 0 Å². The van der Waals surface area contributed by atoms with E-state index < -0.39 is 0 Å². The van der Waals surface area contributed by atoms with Crippen molar-refractivity contribution in [1.29, 1.82) is 0 Å². The van der Waals surface area contributed by atoms with Gasteiger partial charge in [-0.15, -0.1) is 0 Å². The molecule has 0 radical (unpaired) electrons. The molecule has 2 unspecified atom stereocenters. The number of nitrogens with zero attached hydrogens (tertiary/aromatic N) is 1. The van der Waals surface area contributed by atoms with Gasteiger partial charge in [-0.05, 0) is 26.2 Å². The Labute approximate surface area is 124 Å². The molecule has 1 rings (SSSR count). The highest BCUT2D eigenvalue weighted by molar-refractivity contribution is 5.83. The Morgan fingerprint density at radius 3 is 2.35 bits per heavy atom. The predicted octanol–water partition coefficient (Wildman–Crippen LogP) is 2.56. The molecule has 1 aliphatic rings. The van der Waals surface area contributed by atoms with Crippen LogP contribution < -0.4 is 5.73 Å². The first kappa shape index (κ1) is 17.4. The van der Waals surface area contributed by atoms with E-state index in [0.717, 1.165) is 32.1 Å². The lowest BCUT2D eigenvalue weighted by atomic mass is 9.77. The third-order valence-electron chi connectivity index (χ3n) is 4.50. The maximum atomic E-state index is 13.1. The van der Waals surface area contributed by atoms with Gasteiger partial charge in [0.1, 0.15) is 0 Å². The highest BCUT2D eigenvalue weighted by Crippen LogP contribution is 2.33. The van der Waals surface area contributed by atoms with E-state index >= 15 is 0 Å². The summed E-state index contributed by atoms with van der Waals surface area (Å²) in [5.74, 6) is 0.255. The molecule has 0 aliphatic carbocycles. The number of morpholine rings is 1. The highest BCUT2D eigenvalue weighted by atomic mass is 16.5. The zero-order valence-corrected chi connectivity index (χ0v) is 13.7. The number of amides is 1. The SMILES string of the molecule is CCCC(CN)(CCC)C(=O)N1CC(C)OCC1CC. The Morgan fingerprint density at radius 2 is 1.90 bits per heavy atom. The fourth-order valence-corrected chi connectivity index (χ4v) is 3.32. The van der Waals surface area contributed by atoms with E-state index in [1.54, 1.807) is 0 Å². The van der Waals surface area contributed by atoms with Gasteiger partial charge in [-0.1, -0.05) is 33.6 Å². The smallest absolute Gasteiger partial charge is 0.230 e. The summed E-state index contributed by atoms with van der Waals surface area (Å²) in [6.07, 6.45) is 4.84. The van der Waals surface area contributed by atoms with Crippen molar-refractivity contribution in [3.8, 4) is 0 Å². The minimum atomic E-state index is -0.367. The van der Waals surface area contributed by atoms with Crippen molar-refractivity contribution in [2.45, 2.75) is 71.9 Å². The number of ether oxygens (including phenoxy) is 1. The van der Waals surface area contributed by atoms with Crippen LogP contribution in [0.15, 0.2) is 0 Å². The van der Waals surface area contributed by atoms with E-state index in [9.17, 15) is 4.79 Å². The second kappa shape index (κ2) is 7.99. The molecule has 0 bridgehead atoms. The molecule has 0 saturated carbocycles. The van der Waals surface area contributed by atoms with Crippen LogP contribution in [0.2, 0.25) is 0 Å². The lowest BCUT2D eigenvalue weighted by Gasteiger charge is -2.44. The second-order valence-electron chi connectivity index (χ2n) is 6.15. The molecule has 2 N–H and O–H groups in total. The summed E-state index contributed by atoms with van der Waals surface area (Å²) in [4.78, 5) is 15.2. The minimum Gasteiger partial charge on any atom is -0.375 e. The molecule has 1 saturated heterocycles. The van der Waals surface area contributed by atoms with Crippen LogP contribution in [-0.4, -0.2) is 42.6 Å². The molecule has 2 atom stereocenters. The Hall–Kier alpha value is -0.610. The van der Waals surface area contributed by atoms with Crippen LogP contribution >= 0.6 is 0 Å². The summed E-state index contributed by atoms with van der Waals surface area (Å²) in [6, 6.07) is 0.207. The first-order valence-electron chi connectivity index (χ1n) is 8.17. The van der Waals surface area contributed by atoms with Crippen molar-refractivity contribution in [3.63, 3.8) is 0 Å². The maximum absolute atomic E-state index is 13.1. The van der Waals surface area contributed by atoms with Gasteiger partial charge >= 0.3 is 0 Å². The average molecular weight is 284 g/mol. The number of carbonyl (C=O) groups is 1. The summed E-state index contributed by atoms with van der Waals surface area (Å²) >= 11 is 0. The molecule has 1 fully saturated rings. The Morgan fingerprint density at radius 1 is 1.30 bits per heavy atom. The first-order chi connectivity index (χ1) is 9.54. The van der Waals surface area contributed by atoms with Gasteiger partial charge in [0.25, 0.3) is 0 Å². The number of rotatable bonds is 7. The van der Waals surface area contributed by atoms with Gasteiger partial charge in [0, 0.05) is 13.1 Å². The van der Waals surface area contributed by atoms with Crippen molar-refractivity contribution in [1.82, 2.24) is 4.90 Å². The Balaban J connectivity index is 2.95. The van der Waals surface area contributed by atoms with E-state index in [-0.39, 0.29) is 23.5 Å². The standard InChI is InChI=1S/C16H32N2O2/c1-5-8-16(12-17,9-6-2)15(19)18-10-13(4)20-11-14(18)7-3/h13-14H,5-12,17H2,1-4H3. The fraction of sp³-hybridized carbons (Fsp3) is 0.938. The Kier molecular flexibility index (Phi) is 6.96. The van der Waals surface area contributed by atoms with Gasteiger partial charge in [0.2, 0.25) is 5.91 Å². The second-order valence-corrected chi connectivity index (χ2v) is 6.15. The number of hydrogen-bond donors (Lipinski definition) is 1. The third-order valence-corrected chi connectivity index (χ3v) is 4.50. The summed E-state index contributed by atoms with van der Waals surface area (Å²) in [5.41, 5.74) is 5.66. The first-order valence-corrected chi connectivity index (χ1v) is 8.17. The molecular weight excluding hydrogens is 252 g/mol. The highest BCUT2D eigenvalue weighted by Gasteiger charge is 2.42. The van der Waals surface area contributed by atoms with Gasteiger partial charge in [0.15, 0.2) is 0 Å². The molecule has 0 spiro atoms. The van der Waals surface area contributed by atoms with E-state index in [4.69, 9.17) is 10.5 Å². The molecule has 4 heteroatoms. The molecule has 20 heavy (non-hydrogen) atoms. The van der Waals surface area contributed by atoms with Gasteiger partial charge < -0.3 is 15.4 Å². The Bertz CT molecular complexity index is 301. The molecule has 0 aromatic carbocycles. The number of carbonyl (C=O) groups excluding carboxylic acids is 1. The van der Waals surface area contributed by atoms with Crippen LogP contribution in [-0.2, 0) is 9.53 Å². The molecule has 4 nitrogen and oxygen atoms in total. The van der Waals surface area contributed by atoms with E-state index in [2.05, 4.69) is 20.8 Å². The molecular formula is C16H32N2O2. The van der Waals surface area contributed by atoms with Crippen molar-refractivity contribution in [2.75, 3.05) is 19.7 Å². The summed E-state index contributed by atoms with van der Waals surface area (Å²) in [6.45, 7) is 10.2. The maximum Gasteiger partial charge on any atom is 0.230 e.